The summed E-state index contributed by atoms with van der Waals surface area (Å²) in [6.07, 6.45) is 0.995. The Morgan fingerprint density at radius 1 is 1.09 bits per heavy atom. The van der Waals surface area contributed by atoms with Gasteiger partial charge in [-0.3, -0.25) is 9.59 Å². The van der Waals surface area contributed by atoms with E-state index in [0.29, 0.717) is 35.5 Å². The van der Waals surface area contributed by atoms with Gasteiger partial charge in [-0.05, 0) is 44.3 Å². The van der Waals surface area contributed by atoms with Crippen LogP contribution in [0, 0.1) is 0 Å². The Bertz CT molecular complexity index is 1210. The zero-order valence-electron chi connectivity index (χ0n) is 19.3. The topological polar surface area (TPSA) is 87.2 Å². The van der Waals surface area contributed by atoms with Crippen molar-refractivity contribution in [2.24, 2.45) is 0 Å². The molecular formula is C24H24F3N5O2S. The third kappa shape index (κ3) is 7.46. The first kappa shape index (κ1) is 26.0. The van der Waals surface area contributed by atoms with Crippen molar-refractivity contribution >= 4 is 34.1 Å². The predicted octanol–water partition coefficient (Wildman–Crippen LogP) is 5.02. The van der Waals surface area contributed by atoms with Crippen LogP contribution in [0.15, 0.2) is 60.9 Å². The van der Waals surface area contributed by atoms with Crippen molar-refractivity contribution in [3.63, 3.8) is 0 Å². The van der Waals surface area contributed by atoms with E-state index in [-0.39, 0.29) is 11.0 Å². The predicted molar refractivity (Wildman–Crippen MR) is 130 cm³/mol. The van der Waals surface area contributed by atoms with Crippen LogP contribution in [-0.4, -0.2) is 47.3 Å². The Morgan fingerprint density at radius 3 is 2.49 bits per heavy atom. The molecule has 2 aromatic heterocycles. The van der Waals surface area contributed by atoms with Crippen LogP contribution >= 0.6 is 11.3 Å². The molecule has 3 rings (SSSR count). The Balaban J connectivity index is 1.65. The smallest absolute Gasteiger partial charge is 0.307 e. The molecule has 2 heterocycles. The molecule has 7 nitrogen and oxygen atoms in total. The van der Waals surface area contributed by atoms with E-state index in [4.69, 9.17) is 0 Å². The highest BCUT2D eigenvalue weighted by Crippen LogP contribution is 2.35. The second kappa shape index (κ2) is 11.2. The maximum absolute atomic E-state index is 12.8. The van der Waals surface area contributed by atoms with Gasteiger partial charge in [-0.2, -0.15) is 13.2 Å². The zero-order valence-corrected chi connectivity index (χ0v) is 20.1. The minimum absolute atomic E-state index is 0.108. The molecule has 35 heavy (non-hydrogen) atoms. The number of carbonyl (C=O) groups is 2. The molecule has 0 bridgehead atoms. The van der Waals surface area contributed by atoms with Crippen LogP contribution in [0.3, 0.4) is 0 Å². The molecule has 0 saturated heterocycles. The molecule has 0 aliphatic heterocycles. The molecule has 3 aromatic rings. The summed E-state index contributed by atoms with van der Waals surface area (Å²) < 4.78 is 38.3. The number of anilines is 2. The van der Waals surface area contributed by atoms with Gasteiger partial charge in [0.25, 0.3) is 0 Å². The molecular weight excluding hydrogens is 479 g/mol. The molecule has 0 unspecified atom stereocenters. The maximum atomic E-state index is 12.8. The molecule has 1 aromatic carbocycles. The van der Waals surface area contributed by atoms with E-state index in [1.165, 1.54) is 6.08 Å². The average Bonchev–Trinajstić information content (AvgIpc) is 3.28. The van der Waals surface area contributed by atoms with E-state index >= 15 is 0 Å². The number of carbonyl (C=O) groups excluding carboxylic acids is 2. The number of pyridine rings is 1. The second-order valence-corrected chi connectivity index (χ2v) is 8.98. The summed E-state index contributed by atoms with van der Waals surface area (Å²) in [5, 5.41) is 5.03. The number of halogens is 3. The van der Waals surface area contributed by atoms with Crippen molar-refractivity contribution in [3.8, 4) is 11.1 Å². The molecule has 0 aliphatic carbocycles. The number of alkyl halides is 3. The molecule has 0 fully saturated rings. The first-order valence-corrected chi connectivity index (χ1v) is 11.4. The van der Waals surface area contributed by atoms with Crippen molar-refractivity contribution in [3.05, 3.63) is 71.4 Å². The lowest BCUT2D eigenvalue weighted by molar-refractivity contribution is -0.134. The lowest BCUT2D eigenvalue weighted by atomic mass is 9.96. The zero-order chi connectivity index (χ0) is 25.6. The quantitative estimate of drug-likeness (QED) is 0.422. The van der Waals surface area contributed by atoms with Gasteiger partial charge in [0, 0.05) is 24.4 Å². The summed E-state index contributed by atoms with van der Waals surface area (Å²) in [5.41, 5.74) is 2.25. The molecule has 184 valence electrons. The molecule has 0 aliphatic rings. The molecule has 0 spiro atoms. The third-order valence-corrected chi connectivity index (χ3v) is 5.84. The number of likely N-dealkylation sites (N-methyl/N-ethyl adjacent to an activating group) is 1. The van der Waals surface area contributed by atoms with Gasteiger partial charge in [0.05, 0.1) is 12.1 Å². The van der Waals surface area contributed by atoms with Gasteiger partial charge in [-0.25, -0.2) is 9.97 Å². The van der Waals surface area contributed by atoms with Crippen LogP contribution in [0.1, 0.15) is 23.3 Å². The van der Waals surface area contributed by atoms with Crippen LogP contribution in [0.2, 0.25) is 0 Å². The van der Waals surface area contributed by atoms with E-state index in [1.807, 2.05) is 31.1 Å². The fourth-order valence-electron chi connectivity index (χ4n) is 2.99. The Morgan fingerprint density at radius 2 is 1.86 bits per heavy atom. The van der Waals surface area contributed by atoms with Crippen LogP contribution in [0.25, 0.3) is 11.1 Å². The van der Waals surface area contributed by atoms with Crippen LogP contribution in [-0.2, 0) is 15.8 Å². The fraction of sp³-hybridized carbons (Fsp3) is 0.250. The lowest BCUT2D eigenvalue weighted by Crippen LogP contribution is -2.18. The van der Waals surface area contributed by atoms with Crippen LogP contribution in [0.5, 0.6) is 0 Å². The number of hydrogen-bond donors (Lipinski definition) is 2. The molecule has 0 radical (unpaired) electrons. The van der Waals surface area contributed by atoms with Gasteiger partial charge in [-0.1, -0.05) is 41.7 Å². The summed E-state index contributed by atoms with van der Waals surface area (Å²) >= 11 is 0.379. The summed E-state index contributed by atoms with van der Waals surface area (Å²) in [5.74, 6) is -0.979. The first-order valence-electron chi connectivity index (χ1n) is 10.6. The van der Waals surface area contributed by atoms with E-state index in [1.54, 1.807) is 43.5 Å². The number of nitrogens with one attached hydrogen (secondary N) is 2. The standard InChI is InChI=1S/C24H24F3N5O2S/c1-15(22(34)31-23-29-14-19(35-23)24(25,26)27)16-6-4-7-17(12-16)18-9-10-20(28-13-18)30-21(33)8-5-11-32(2)3/h4-10,12-15H,11H2,1-3H3,(H,28,30,33)(H,29,31,34)/b8-5+/t15-/m0/s1. The van der Waals surface area contributed by atoms with Crippen molar-refractivity contribution in [2.75, 3.05) is 31.3 Å². The van der Waals surface area contributed by atoms with Crippen molar-refractivity contribution in [2.45, 2.75) is 19.0 Å². The minimum atomic E-state index is -4.50. The molecule has 0 saturated carbocycles. The summed E-state index contributed by atoms with van der Waals surface area (Å²) in [6.45, 7) is 2.30. The van der Waals surface area contributed by atoms with E-state index < -0.39 is 22.9 Å². The normalized spacial score (nSPS) is 12.7. The van der Waals surface area contributed by atoms with Gasteiger partial charge >= 0.3 is 6.18 Å². The van der Waals surface area contributed by atoms with E-state index in [2.05, 4.69) is 20.6 Å². The van der Waals surface area contributed by atoms with E-state index in [0.717, 1.165) is 11.1 Å². The molecule has 1 atom stereocenters. The second-order valence-electron chi connectivity index (χ2n) is 7.95. The van der Waals surface area contributed by atoms with Crippen LogP contribution in [0.4, 0.5) is 24.1 Å². The summed E-state index contributed by atoms with van der Waals surface area (Å²) in [6, 6.07) is 10.7. The van der Waals surface area contributed by atoms with Crippen molar-refractivity contribution in [1.82, 2.24) is 14.9 Å². The van der Waals surface area contributed by atoms with Gasteiger partial charge < -0.3 is 15.5 Å². The van der Waals surface area contributed by atoms with Gasteiger partial charge in [0.2, 0.25) is 11.8 Å². The van der Waals surface area contributed by atoms with Gasteiger partial charge in [0.15, 0.2) is 5.13 Å². The fourth-order valence-corrected chi connectivity index (χ4v) is 3.68. The highest BCUT2D eigenvalue weighted by Gasteiger charge is 2.33. The monoisotopic (exact) mass is 503 g/mol. The van der Waals surface area contributed by atoms with Crippen molar-refractivity contribution < 1.29 is 22.8 Å². The number of hydrogen-bond acceptors (Lipinski definition) is 6. The van der Waals surface area contributed by atoms with Gasteiger partial charge in [0.1, 0.15) is 10.7 Å². The van der Waals surface area contributed by atoms with Crippen LogP contribution < -0.4 is 10.6 Å². The minimum Gasteiger partial charge on any atom is -0.307 e. The van der Waals surface area contributed by atoms with Crippen molar-refractivity contribution in [1.29, 1.82) is 0 Å². The number of rotatable bonds is 8. The highest BCUT2D eigenvalue weighted by molar-refractivity contribution is 7.15. The van der Waals surface area contributed by atoms with E-state index in [9.17, 15) is 22.8 Å². The van der Waals surface area contributed by atoms with Gasteiger partial charge in [-0.15, -0.1) is 0 Å². The number of aromatic nitrogens is 2. The third-order valence-electron chi connectivity index (χ3n) is 4.88. The highest BCUT2D eigenvalue weighted by atomic mass is 32.1. The number of amides is 2. The lowest BCUT2D eigenvalue weighted by Gasteiger charge is -2.13. The average molecular weight is 504 g/mol. The SMILES string of the molecule is C[C@H](C(=O)Nc1ncc(C(F)(F)F)s1)c1cccc(-c2ccc(NC(=O)/C=C/CN(C)C)nc2)c1. The first-order chi connectivity index (χ1) is 16.5. The Kier molecular flexibility index (Phi) is 8.36. The number of benzene rings is 1. The number of thiazole rings is 1. The molecule has 2 amide bonds. The summed E-state index contributed by atoms with van der Waals surface area (Å²) in [7, 11) is 3.80. The Hall–Kier alpha value is -3.57. The molecule has 2 N–H and O–H groups in total. The Labute approximate surface area is 204 Å². The number of nitrogens with zero attached hydrogens (tertiary/aromatic N) is 3. The summed E-state index contributed by atoms with van der Waals surface area (Å²) in [4.78, 5) is 33.5. The molecule has 11 heteroatoms. The maximum Gasteiger partial charge on any atom is 0.427 e. The largest absolute Gasteiger partial charge is 0.427 e.